The third-order valence-corrected chi connectivity index (χ3v) is 5.12. The molecule has 1 saturated heterocycles. The number of benzene rings is 1. The first-order chi connectivity index (χ1) is 13.8. The van der Waals surface area contributed by atoms with E-state index < -0.39 is 0 Å². The molecule has 1 aliphatic heterocycles. The molecule has 3 aromatic rings. The molecule has 2 N–H and O–H groups in total. The highest BCUT2D eigenvalue weighted by atomic mass is 16.3. The molecule has 1 aromatic carbocycles. The molecule has 1 atom stereocenters. The zero-order chi connectivity index (χ0) is 19.2. The van der Waals surface area contributed by atoms with Gasteiger partial charge in [0.15, 0.2) is 0 Å². The number of aliphatic hydroxyl groups is 1. The molecule has 1 aliphatic rings. The van der Waals surface area contributed by atoms with Gasteiger partial charge in [-0.25, -0.2) is 9.97 Å². The van der Waals surface area contributed by atoms with Crippen molar-refractivity contribution in [3.63, 3.8) is 0 Å². The summed E-state index contributed by atoms with van der Waals surface area (Å²) >= 11 is 0. The van der Waals surface area contributed by atoms with Crippen molar-refractivity contribution in [3.05, 3.63) is 66.2 Å². The lowest BCUT2D eigenvalue weighted by Gasteiger charge is -2.32. The molecule has 28 heavy (non-hydrogen) atoms. The van der Waals surface area contributed by atoms with Crippen molar-refractivity contribution in [2.75, 3.05) is 29.9 Å². The molecule has 146 valence electrons. The second kappa shape index (κ2) is 8.84. The van der Waals surface area contributed by atoms with Crippen molar-refractivity contribution in [3.8, 4) is 0 Å². The highest BCUT2D eigenvalue weighted by Gasteiger charge is 2.20. The average molecular weight is 378 g/mol. The Morgan fingerprint density at radius 3 is 2.93 bits per heavy atom. The molecule has 1 fully saturated rings. The van der Waals surface area contributed by atoms with Crippen molar-refractivity contribution >= 4 is 11.6 Å². The Morgan fingerprint density at radius 1 is 1.14 bits per heavy atom. The Labute approximate surface area is 165 Å². The van der Waals surface area contributed by atoms with Crippen LogP contribution in [0.2, 0.25) is 0 Å². The maximum atomic E-state index is 9.45. The van der Waals surface area contributed by atoms with E-state index in [-0.39, 0.29) is 6.61 Å². The van der Waals surface area contributed by atoms with Gasteiger partial charge >= 0.3 is 0 Å². The van der Waals surface area contributed by atoms with Gasteiger partial charge in [0.05, 0.1) is 6.54 Å². The second-order valence-electron chi connectivity index (χ2n) is 7.28. The molecule has 0 bridgehead atoms. The number of nitrogens with one attached hydrogen (secondary N) is 1. The van der Waals surface area contributed by atoms with Gasteiger partial charge in [-0.15, -0.1) is 0 Å². The van der Waals surface area contributed by atoms with E-state index in [4.69, 9.17) is 0 Å². The van der Waals surface area contributed by atoms with Crippen molar-refractivity contribution in [1.82, 2.24) is 19.7 Å². The molecule has 1 unspecified atom stereocenters. The Balaban J connectivity index is 1.38. The number of nitrogens with zero attached hydrogens (tertiary/aromatic N) is 5. The average Bonchev–Trinajstić information content (AvgIpc) is 3.26. The van der Waals surface area contributed by atoms with Crippen LogP contribution in [0.15, 0.2) is 55.1 Å². The summed E-state index contributed by atoms with van der Waals surface area (Å²) in [5.41, 5.74) is 2.41. The molecule has 0 amide bonds. The summed E-state index contributed by atoms with van der Waals surface area (Å²) in [7, 11) is 0. The maximum absolute atomic E-state index is 9.45. The first-order valence-corrected chi connectivity index (χ1v) is 9.77. The van der Waals surface area contributed by atoms with Crippen molar-refractivity contribution < 1.29 is 5.11 Å². The molecule has 7 nitrogen and oxygen atoms in total. The standard InChI is InChI=1S/C21H26N6O/c28-15-19-6-2-8-26(13-19)21-11-20(23-16-24-21)22-12-17-4-1-5-18(10-17)14-27-9-3-7-25-27/h1,3-5,7,9-11,16,19,28H,2,6,8,12-15H2,(H,22,23,24). The fraction of sp³-hybridized carbons (Fsp3) is 0.381. The van der Waals surface area contributed by atoms with Crippen LogP contribution in [-0.2, 0) is 13.1 Å². The van der Waals surface area contributed by atoms with Crippen LogP contribution in [0.3, 0.4) is 0 Å². The van der Waals surface area contributed by atoms with Crippen LogP contribution in [0.5, 0.6) is 0 Å². The second-order valence-corrected chi connectivity index (χ2v) is 7.28. The lowest BCUT2D eigenvalue weighted by atomic mass is 9.99. The highest BCUT2D eigenvalue weighted by Crippen LogP contribution is 2.22. The predicted molar refractivity (Wildman–Crippen MR) is 109 cm³/mol. The van der Waals surface area contributed by atoms with Crippen LogP contribution < -0.4 is 10.2 Å². The number of hydrogen-bond donors (Lipinski definition) is 2. The van der Waals surface area contributed by atoms with E-state index in [0.717, 1.165) is 44.1 Å². The first kappa shape index (κ1) is 18.4. The predicted octanol–water partition coefficient (Wildman–Crippen LogP) is 2.54. The lowest BCUT2D eigenvalue weighted by molar-refractivity contribution is 0.208. The molecular weight excluding hydrogens is 352 g/mol. The quantitative estimate of drug-likeness (QED) is 0.658. The Hall–Kier alpha value is -2.93. The van der Waals surface area contributed by atoms with Gasteiger partial charge in [-0.3, -0.25) is 4.68 Å². The third kappa shape index (κ3) is 4.67. The van der Waals surface area contributed by atoms with E-state index in [2.05, 4.69) is 49.5 Å². The number of rotatable bonds is 7. The number of piperidine rings is 1. The van der Waals surface area contributed by atoms with Crippen molar-refractivity contribution in [1.29, 1.82) is 0 Å². The van der Waals surface area contributed by atoms with E-state index in [9.17, 15) is 5.11 Å². The number of aromatic nitrogens is 4. The van der Waals surface area contributed by atoms with Gasteiger partial charge in [0.1, 0.15) is 18.0 Å². The monoisotopic (exact) mass is 378 g/mol. The zero-order valence-electron chi connectivity index (χ0n) is 15.9. The maximum Gasteiger partial charge on any atom is 0.134 e. The molecule has 4 rings (SSSR count). The van der Waals surface area contributed by atoms with E-state index in [0.29, 0.717) is 12.5 Å². The van der Waals surface area contributed by atoms with Gasteiger partial charge < -0.3 is 15.3 Å². The third-order valence-electron chi connectivity index (χ3n) is 5.12. The topological polar surface area (TPSA) is 79.1 Å². The molecule has 0 aliphatic carbocycles. The smallest absolute Gasteiger partial charge is 0.134 e. The molecule has 0 spiro atoms. The summed E-state index contributed by atoms with van der Waals surface area (Å²) in [6.07, 6.45) is 7.53. The molecule has 7 heteroatoms. The highest BCUT2D eigenvalue weighted by molar-refractivity contribution is 5.49. The van der Waals surface area contributed by atoms with E-state index >= 15 is 0 Å². The van der Waals surface area contributed by atoms with E-state index in [1.54, 1.807) is 12.5 Å². The summed E-state index contributed by atoms with van der Waals surface area (Å²) in [6.45, 7) is 3.52. The summed E-state index contributed by atoms with van der Waals surface area (Å²) < 4.78 is 1.92. The normalized spacial score (nSPS) is 16.9. The fourth-order valence-corrected chi connectivity index (χ4v) is 3.65. The summed E-state index contributed by atoms with van der Waals surface area (Å²) in [5, 5.41) is 17.1. The minimum Gasteiger partial charge on any atom is -0.396 e. The van der Waals surface area contributed by atoms with Gasteiger partial charge in [0, 0.05) is 44.7 Å². The van der Waals surface area contributed by atoms with Gasteiger partial charge in [-0.1, -0.05) is 24.3 Å². The van der Waals surface area contributed by atoms with Crippen LogP contribution in [-0.4, -0.2) is 44.6 Å². The Bertz CT molecular complexity index is 882. The Kier molecular flexibility index (Phi) is 5.82. The van der Waals surface area contributed by atoms with E-state index in [1.165, 1.54) is 11.1 Å². The fourth-order valence-electron chi connectivity index (χ4n) is 3.65. The molecule has 3 heterocycles. The Morgan fingerprint density at radius 2 is 2.07 bits per heavy atom. The first-order valence-electron chi connectivity index (χ1n) is 9.77. The zero-order valence-corrected chi connectivity index (χ0v) is 15.9. The van der Waals surface area contributed by atoms with Gasteiger partial charge in [0.25, 0.3) is 0 Å². The summed E-state index contributed by atoms with van der Waals surface area (Å²) in [4.78, 5) is 11.0. The van der Waals surface area contributed by atoms with Crippen molar-refractivity contribution in [2.45, 2.75) is 25.9 Å². The minimum absolute atomic E-state index is 0.238. The molecule has 2 aromatic heterocycles. The summed E-state index contributed by atoms with van der Waals surface area (Å²) in [6, 6.07) is 12.4. The van der Waals surface area contributed by atoms with Crippen LogP contribution in [0, 0.1) is 5.92 Å². The van der Waals surface area contributed by atoms with Crippen LogP contribution in [0.25, 0.3) is 0 Å². The van der Waals surface area contributed by atoms with Gasteiger partial charge in [-0.05, 0) is 36.0 Å². The molecule has 0 saturated carbocycles. The largest absolute Gasteiger partial charge is 0.396 e. The van der Waals surface area contributed by atoms with Crippen LogP contribution in [0.1, 0.15) is 24.0 Å². The molecular formula is C21H26N6O. The minimum atomic E-state index is 0.238. The van der Waals surface area contributed by atoms with E-state index in [1.807, 2.05) is 23.0 Å². The number of aliphatic hydroxyl groups excluding tert-OH is 1. The van der Waals surface area contributed by atoms with Gasteiger partial charge in [0.2, 0.25) is 0 Å². The van der Waals surface area contributed by atoms with Crippen LogP contribution in [0.4, 0.5) is 11.6 Å². The SMILES string of the molecule is OCC1CCCN(c2cc(NCc3cccc(Cn4cccn4)c3)ncn2)C1. The number of anilines is 2. The van der Waals surface area contributed by atoms with Crippen molar-refractivity contribution in [2.24, 2.45) is 5.92 Å². The lowest BCUT2D eigenvalue weighted by Crippen LogP contribution is -2.37. The van der Waals surface area contributed by atoms with Gasteiger partial charge in [-0.2, -0.15) is 5.10 Å². The molecule has 0 radical (unpaired) electrons. The van der Waals surface area contributed by atoms with Crippen LogP contribution >= 0.6 is 0 Å². The number of hydrogen-bond acceptors (Lipinski definition) is 6. The summed E-state index contributed by atoms with van der Waals surface area (Å²) in [5.74, 6) is 2.06.